The van der Waals surface area contributed by atoms with Gasteiger partial charge in [-0.3, -0.25) is 19.8 Å². The van der Waals surface area contributed by atoms with E-state index in [1.807, 2.05) is 13.8 Å². The summed E-state index contributed by atoms with van der Waals surface area (Å²) in [4.78, 5) is 27.5. The van der Waals surface area contributed by atoms with Crippen LogP contribution in [-0.4, -0.2) is 52.4 Å². The Bertz CT molecular complexity index is 970. The number of nitro groups is 1. The number of halogens is 2. The molecule has 2 atom stereocenters. The van der Waals surface area contributed by atoms with Gasteiger partial charge in [0.1, 0.15) is 5.82 Å². The third-order valence-corrected chi connectivity index (χ3v) is 5.93. The van der Waals surface area contributed by atoms with E-state index in [9.17, 15) is 19.3 Å². The van der Waals surface area contributed by atoms with Crippen LogP contribution >= 0.6 is 11.6 Å². The van der Waals surface area contributed by atoms with E-state index in [0.29, 0.717) is 25.2 Å². The molecule has 0 bridgehead atoms. The van der Waals surface area contributed by atoms with Crippen molar-refractivity contribution in [3.05, 3.63) is 68.5 Å². The summed E-state index contributed by atoms with van der Waals surface area (Å²) in [6.45, 7) is 7.24. The number of hydrogen-bond acceptors (Lipinski definition) is 5. The van der Waals surface area contributed by atoms with Gasteiger partial charge in [-0.2, -0.15) is 0 Å². The van der Waals surface area contributed by atoms with E-state index in [1.54, 1.807) is 24.0 Å². The van der Waals surface area contributed by atoms with Crippen LogP contribution in [0, 0.1) is 22.9 Å². The second-order valence-electron chi connectivity index (χ2n) is 7.91. The van der Waals surface area contributed by atoms with Crippen molar-refractivity contribution in [3.8, 4) is 5.75 Å². The fraction of sp³-hybridized carbons (Fsp3) is 0.409. The lowest BCUT2D eigenvalue weighted by atomic mass is 10.1. The smallest absolute Gasteiger partial charge is 0.312 e. The first-order valence-corrected chi connectivity index (χ1v) is 10.4. The number of nitro benzene ring substituents is 1. The van der Waals surface area contributed by atoms with E-state index < -0.39 is 4.92 Å². The lowest BCUT2D eigenvalue weighted by molar-refractivity contribution is -0.385. The zero-order valence-corrected chi connectivity index (χ0v) is 18.4. The molecule has 1 fully saturated rings. The molecule has 31 heavy (non-hydrogen) atoms. The van der Waals surface area contributed by atoms with Crippen molar-refractivity contribution in [1.29, 1.82) is 0 Å². The summed E-state index contributed by atoms with van der Waals surface area (Å²) in [5.41, 5.74) is 1.37. The minimum Gasteiger partial charge on any atom is -0.477 e. The van der Waals surface area contributed by atoms with E-state index >= 15 is 0 Å². The van der Waals surface area contributed by atoms with Crippen LogP contribution in [0.1, 0.15) is 25.0 Å². The first-order valence-electron chi connectivity index (χ1n) is 10.0. The first-order chi connectivity index (χ1) is 14.7. The molecule has 1 saturated heterocycles. The highest BCUT2D eigenvalue weighted by molar-refractivity contribution is 6.31. The number of carbonyl (C=O) groups is 1. The zero-order valence-electron chi connectivity index (χ0n) is 17.7. The van der Waals surface area contributed by atoms with Gasteiger partial charge >= 0.3 is 5.69 Å². The summed E-state index contributed by atoms with van der Waals surface area (Å²) in [6.07, 6.45) is 0. The number of aryl methyl sites for hydroxylation is 1. The van der Waals surface area contributed by atoms with Crippen molar-refractivity contribution >= 4 is 23.2 Å². The molecule has 1 aliphatic rings. The number of ether oxygens (including phenoxy) is 1. The third kappa shape index (κ3) is 5.51. The van der Waals surface area contributed by atoms with Gasteiger partial charge in [0.2, 0.25) is 0 Å². The van der Waals surface area contributed by atoms with E-state index in [1.165, 1.54) is 24.3 Å². The van der Waals surface area contributed by atoms with Crippen LogP contribution in [0.2, 0.25) is 5.02 Å². The van der Waals surface area contributed by atoms with Gasteiger partial charge in [0.05, 0.1) is 9.95 Å². The standard InChI is InChI=1S/C22H25ClFN3O4/c1-14-8-21(20(27(29)30)9-19(14)23)31-13-22(28)26-11-15(2)25(10-16(26)3)12-17-4-6-18(24)7-5-17/h4-9,15-16H,10-13H2,1-3H3/t15-,16+/m1/s1. The van der Waals surface area contributed by atoms with E-state index in [4.69, 9.17) is 16.3 Å². The van der Waals surface area contributed by atoms with E-state index in [-0.39, 0.29) is 46.9 Å². The van der Waals surface area contributed by atoms with Crippen LogP contribution in [0.15, 0.2) is 36.4 Å². The van der Waals surface area contributed by atoms with Crippen LogP contribution in [0.3, 0.4) is 0 Å². The van der Waals surface area contributed by atoms with Crippen LogP contribution in [0.5, 0.6) is 5.75 Å². The summed E-state index contributed by atoms with van der Waals surface area (Å²) < 4.78 is 18.7. The molecule has 166 valence electrons. The monoisotopic (exact) mass is 449 g/mol. The number of amides is 1. The van der Waals surface area contributed by atoms with Crippen molar-refractivity contribution in [2.45, 2.75) is 39.4 Å². The Balaban J connectivity index is 1.62. The molecular formula is C22H25ClFN3O4. The van der Waals surface area contributed by atoms with Gasteiger partial charge in [0.15, 0.2) is 12.4 Å². The maximum atomic E-state index is 13.1. The molecule has 7 nitrogen and oxygen atoms in total. The zero-order chi connectivity index (χ0) is 22.7. The fourth-order valence-corrected chi connectivity index (χ4v) is 3.87. The molecule has 1 amide bonds. The normalized spacial score (nSPS) is 19.3. The minimum atomic E-state index is -0.579. The summed E-state index contributed by atoms with van der Waals surface area (Å²) >= 11 is 5.97. The van der Waals surface area contributed by atoms with Crippen molar-refractivity contribution in [2.24, 2.45) is 0 Å². The predicted octanol–water partition coefficient (Wildman–Crippen LogP) is 4.20. The van der Waals surface area contributed by atoms with Crippen LogP contribution < -0.4 is 4.74 Å². The molecular weight excluding hydrogens is 425 g/mol. The first kappa shape index (κ1) is 23.0. The Morgan fingerprint density at radius 1 is 1.23 bits per heavy atom. The molecule has 9 heteroatoms. The second-order valence-corrected chi connectivity index (χ2v) is 8.32. The Morgan fingerprint density at radius 3 is 2.55 bits per heavy atom. The number of nitrogens with zero attached hydrogens (tertiary/aromatic N) is 3. The maximum Gasteiger partial charge on any atom is 0.312 e. The van der Waals surface area contributed by atoms with Gasteiger partial charge < -0.3 is 9.64 Å². The predicted molar refractivity (Wildman–Crippen MR) is 116 cm³/mol. The fourth-order valence-electron chi connectivity index (χ4n) is 3.72. The molecule has 1 aliphatic heterocycles. The SMILES string of the molecule is Cc1cc(OCC(=O)N2C[C@@H](C)N(Cc3ccc(F)cc3)C[C@@H]2C)c([N+](=O)[O-])cc1Cl. The molecule has 0 aromatic heterocycles. The number of hydrogen-bond donors (Lipinski definition) is 0. The molecule has 0 N–H and O–H groups in total. The number of rotatable bonds is 6. The van der Waals surface area contributed by atoms with E-state index in [0.717, 1.165) is 5.56 Å². The summed E-state index contributed by atoms with van der Waals surface area (Å²) in [6, 6.07) is 9.15. The lowest BCUT2D eigenvalue weighted by Crippen LogP contribution is -2.58. The number of piperazine rings is 1. The summed E-state index contributed by atoms with van der Waals surface area (Å²) in [5, 5.41) is 11.5. The number of benzene rings is 2. The van der Waals surface area contributed by atoms with Gasteiger partial charge in [-0.1, -0.05) is 23.7 Å². The average Bonchev–Trinajstić information content (AvgIpc) is 2.72. The van der Waals surface area contributed by atoms with Crippen LogP contribution in [0.4, 0.5) is 10.1 Å². The van der Waals surface area contributed by atoms with Crippen molar-refractivity contribution < 1.29 is 18.8 Å². The minimum absolute atomic E-state index is 0.0240. The molecule has 2 aromatic carbocycles. The second kappa shape index (κ2) is 9.62. The molecule has 0 unspecified atom stereocenters. The molecule has 3 rings (SSSR count). The summed E-state index contributed by atoms with van der Waals surface area (Å²) in [5.74, 6) is -0.477. The Morgan fingerprint density at radius 2 is 1.90 bits per heavy atom. The highest BCUT2D eigenvalue weighted by Gasteiger charge is 2.32. The molecule has 0 spiro atoms. The third-order valence-electron chi connectivity index (χ3n) is 5.52. The molecule has 0 radical (unpaired) electrons. The van der Waals surface area contributed by atoms with Crippen molar-refractivity contribution in [3.63, 3.8) is 0 Å². The van der Waals surface area contributed by atoms with Gasteiger partial charge in [-0.25, -0.2) is 4.39 Å². The van der Waals surface area contributed by atoms with Gasteiger partial charge in [0.25, 0.3) is 5.91 Å². The molecule has 0 saturated carbocycles. The number of carbonyl (C=O) groups excluding carboxylic acids is 1. The largest absolute Gasteiger partial charge is 0.477 e. The topological polar surface area (TPSA) is 75.9 Å². The molecule has 0 aliphatic carbocycles. The Kier molecular flexibility index (Phi) is 7.12. The highest BCUT2D eigenvalue weighted by Crippen LogP contribution is 2.33. The Labute approximate surface area is 185 Å². The van der Waals surface area contributed by atoms with Gasteiger partial charge in [-0.05, 0) is 50.1 Å². The quantitative estimate of drug-likeness (QED) is 0.488. The van der Waals surface area contributed by atoms with Crippen molar-refractivity contribution in [1.82, 2.24) is 9.80 Å². The van der Waals surface area contributed by atoms with Gasteiger partial charge in [0, 0.05) is 37.8 Å². The van der Waals surface area contributed by atoms with Crippen molar-refractivity contribution in [2.75, 3.05) is 19.7 Å². The van der Waals surface area contributed by atoms with Crippen LogP contribution in [-0.2, 0) is 11.3 Å². The molecule has 1 heterocycles. The van der Waals surface area contributed by atoms with Crippen LogP contribution in [0.25, 0.3) is 0 Å². The average molecular weight is 450 g/mol. The molecule has 2 aromatic rings. The lowest BCUT2D eigenvalue weighted by Gasteiger charge is -2.44. The maximum absolute atomic E-state index is 13.1. The van der Waals surface area contributed by atoms with E-state index in [2.05, 4.69) is 4.90 Å². The van der Waals surface area contributed by atoms with Gasteiger partial charge in [-0.15, -0.1) is 0 Å². The summed E-state index contributed by atoms with van der Waals surface area (Å²) in [7, 11) is 0. The highest BCUT2D eigenvalue weighted by atomic mass is 35.5. The Hall–Kier alpha value is -2.71.